The van der Waals surface area contributed by atoms with Crippen LogP contribution in [0.25, 0.3) is 0 Å². The van der Waals surface area contributed by atoms with E-state index in [0.29, 0.717) is 19.1 Å². The fraction of sp³-hybridized carbons (Fsp3) is 0.429. The molecule has 3 amide bonds. The average Bonchev–Trinajstić information content (AvgIpc) is 2.87. The number of benzene rings is 2. The van der Waals surface area contributed by atoms with Gasteiger partial charge in [-0.05, 0) is 29.9 Å². The Kier molecular flexibility index (Phi) is 12.2. The van der Waals surface area contributed by atoms with Crippen LogP contribution in [0.2, 0.25) is 0 Å². The molecule has 8 nitrogen and oxygen atoms in total. The van der Waals surface area contributed by atoms with Crippen molar-refractivity contribution in [3.8, 4) is 0 Å². The van der Waals surface area contributed by atoms with Gasteiger partial charge in [0.2, 0.25) is 11.8 Å². The lowest BCUT2D eigenvalue weighted by atomic mass is 10.0. The highest BCUT2D eigenvalue weighted by Crippen LogP contribution is 2.09. The summed E-state index contributed by atoms with van der Waals surface area (Å²) in [5.41, 5.74) is 1.66. The molecule has 0 spiro atoms. The van der Waals surface area contributed by atoms with Crippen LogP contribution in [-0.4, -0.2) is 42.3 Å². The summed E-state index contributed by atoms with van der Waals surface area (Å²) in [6.07, 6.45) is 1.82. The molecule has 36 heavy (non-hydrogen) atoms. The largest absolute Gasteiger partial charge is 0.445 e. The van der Waals surface area contributed by atoms with E-state index in [2.05, 4.69) is 16.0 Å². The third kappa shape index (κ3) is 10.3. The van der Waals surface area contributed by atoms with Gasteiger partial charge < -0.3 is 25.5 Å². The Balaban J connectivity index is 2.12. The summed E-state index contributed by atoms with van der Waals surface area (Å²) in [4.78, 5) is 50.1. The molecule has 0 aliphatic heterocycles. The minimum Gasteiger partial charge on any atom is -0.445 e. The molecule has 2 aromatic carbocycles. The summed E-state index contributed by atoms with van der Waals surface area (Å²) < 4.78 is 5.31. The van der Waals surface area contributed by atoms with Crippen LogP contribution < -0.4 is 16.0 Å². The molecule has 194 valence electrons. The number of carbonyl (C=O) groups is 4. The molecule has 0 bridgehead atoms. The lowest BCUT2D eigenvalue weighted by molar-refractivity contribution is -0.131. The number of hydrogen-bond acceptors (Lipinski definition) is 5. The van der Waals surface area contributed by atoms with Crippen LogP contribution in [0.15, 0.2) is 60.7 Å². The number of rotatable bonds is 14. The van der Waals surface area contributed by atoms with Gasteiger partial charge >= 0.3 is 6.09 Å². The molecule has 0 saturated heterocycles. The number of carbonyl (C=O) groups excluding carboxylic acids is 4. The van der Waals surface area contributed by atoms with Crippen molar-refractivity contribution in [2.24, 2.45) is 5.92 Å². The predicted molar refractivity (Wildman–Crippen MR) is 138 cm³/mol. The zero-order valence-electron chi connectivity index (χ0n) is 21.2. The molecule has 3 N–H and O–H groups in total. The molecule has 0 fully saturated rings. The maximum atomic E-state index is 13.3. The van der Waals surface area contributed by atoms with Gasteiger partial charge in [0, 0.05) is 6.42 Å². The first-order valence-electron chi connectivity index (χ1n) is 12.4. The fourth-order valence-corrected chi connectivity index (χ4v) is 3.71. The van der Waals surface area contributed by atoms with E-state index in [1.807, 2.05) is 81.4 Å². The highest BCUT2D eigenvalue weighted by molar-refractivity contribution is 5.92. The average molecular weight is 496 g/mol. The van der Waals surface area contributed by atoms with Gasteiger partial charge in [0.1, 0.15) is 25.0 Å². The molecule has 2 aromatic rings. The zero-order valence-corrected chi connectivity index (χ0v) is 21.2. The van der Waals surface area contributed by atoms with E-state index >= 15 is 0 Å². The van der Waals surface area contributed by atoms with Crippen molar-refractivity contribution in [1.29, 1.82) is 0 Å². The van der Waals surface area contributed by atoms with Gasteiger partial charge in [-0.15, -0.1) is 0 Å². The van der Waals surface area contributed by atoms with Gasteiger partial charge in [-0.1, -0.05) is 87.9 Å². The second-order valence-electron chi connectivity index (χ2n) is 9.18. The Morgan fingerprint density at radius 1 is 0.833 bits per heavy atom. The summed E-state index contributed by atoms with van der Waals surface area (Å²) in [6, 6.07) is 16.1. The van der Waals surface area contributed by atoms with Crippen LogP contribution in [0.5, 0.6) is 0 Å². The Labute approximate surface area is 213 Å². The second kappa shape index (κ2) is 15.3. The molecular weight excluding hydrogens is 458 g/mol. The third-order valence-electron chi connectivity index (χ3n) is 5.54. The van der Waals surface area contributed by atoms with Crippen LogP contribution in [0, 0.1) is 5.92 Å². The van der Waals surface area contributed by atoms with E-state index in [1.54, 1.807) is 0 Å². The number of hydrogen-bond donors (Lipinski definition) is 3. The van der Waals surface area contributed by atoms with Crippen molar-refractivity contribution >= 4 is 24.2 Å². The minimum atomic E-state index is -0.962. The first-order chi connectivity index (χ1) is 17.3. The molecule has 2 rings (SSSR count). The molecule has 0 heterocycles. The Morgan fingerprint density at radius 3 is 1.97 bits per heavy atom. The quantitative estimate of drug-likeness (QED) is 0.347. The molecule has 0 aliphatic carbocycles. The molecule has 0 saturated carbocycles. The molecular formula is C28H37N3O5. The molecule has 0 unspecified atom stereocenters. The van der Waals surface area contributed by atoms with Crippen molar-refractivity contribution in [1.82, 2.24) is 16.0 Å². The first-order valence-corrected chi connectivity index (χ1v) is 12.4. The van der Waals surface area contributed by atoms with E-state index in [9.17, 15) is 19.2 Å². The number of nitrogens with one attached hydrogen (secondary N) is 3. The van der Waals surface area contributed by atoms with Crippen molar-refractivity contribution in [3.63, 3.8) is 0 Å². The SMILES string of the molecule is CCC[C@@H](C=O)NC(=O)[C@H](CC(C)C)NC(=O)[C@H](Cc1ccccc1)NC(=O)OCc1ccccc1. The Morgan fingerprint density at radius 2 is 1.42 bits per heavy atom. The monoisotopic (exact) mass is 495 g/mol. The van der Waals surface area contributed by atoms with Gasteiger partial charge in [-0.2, -0.15) is 0 Å². The summed E-state index contributed by atoms with van der Waals surface area (Å²) in [6.45, 7) is 5.87. The van der Waals surface area contributed by atoms with E-state index in [-0.39, 0.29) is 18.9 Å². The van der Waals surface area contributed by atoms with Crippen LogP contribution in [0.1, 0.15) is 51.2 Å². The van der Waals surface area contributed by atoms with Crippen molar-refractivity contribution < 1.29 is 23.9 Å². The summed E-state index contributed by atoms with van der Waals surface area (Å²) in [7, 11) is 0. The Hall–Kier alpha value is -3.68. The third-order valence-corrected chi connectivity index (χ3v) is 5.54. The van der Waals surface area contributed by atoms with E-state index in [4.69, 9.17) is 4.74 Å². The highest BCUT2D eigenvalue weighted by Gasteiger charge is 2.29. The number of aldehydes is 1. The normalized spacial score (nSPS) is 13.2. The van der Waals surface area contributed by atoms with Gasteiger partial charge in [0.15, 0.2) is 0 Å². The standard InChI is InChI=1S/C28H37N3O5/c1-4-11-23(18-32)29-26(33)24(16-20(2)3)30-27(34)25(17-21-12-7-5-8-13-21)31-28(35)36-19-22-14-9-6-10-15-22/h5-10,12-15,18,20,23-25H,4,11,16-17,19H2,1-3H3,(H,29,33)(H,30,34)(H,31,35)/t23-,24-,25-/m0/s1. The van der Waals surface area contributed by atoms with Gasteiger partial charge in [0.05, 0.1) is 6.04 Å². The van der Waals surface area contributed by atoms with E-state index in [1.165, 1.54) is 0 Å². The van der Waals surface area contributed by atoms with E-state index in [0.717, 1.165) is 17.5 Å². The van der Waals surface area contributed by atoms with Gasteiger partial charge in [-0.3, -0.25) is 9.59 Å². The topological polar surface area (TPSA) is 114 Å². The van der Waals surface area contributed by atoms with Crippen LogP contribution >= 0.6 is 0 Å². The van der Waals surface area contributed by atoms with E-state index < -0.39 is 36.0 Å². The smallest absolute Gasteiger partial charge is 0.408 e. The summed E-state index contributed by atoms with van der Waals surface area (Å²) in [5, 5.41) is 8.14. The second-order valence-corrected chi connectivity index (χ2v) is 9.18. The number of amides is 3. The molecule has 8 heteroatoms. The number of alkyl carbamates (subject to hydrolysis) is 1. The predicted octanol–water partition coefficient (Wildman–Crippen LogP) is 3.54. The molecule has 0 radical (unpaired) electrons. The summed E-state index contributed by atoms with van der Waals surface area (Å²) >= 11 is 0. The molecule has 3 atom stereocenters. The van der Waals surface area contributed by atoms with Gasteiger partial charge in [0.25, 0.3) is 0 Å². The van der Waals surface area contributed by atoms with Gasteiger partial charge in [-0.25, -0.2) is 4.79 Å². The maximum Gasteiger partial charge on any atom is 0.408 e. The van der Waals surface area contributed by atoms with Crippen LogP contribution in [0.3, 0.4) is 0 Å². The van der Waals surface area contributed by atoms with Crippen LogP contribution in [-0.2, 0) is 32.1 Å². The maximum absolute atomic E-state index is 13.3. The first kappa shape index (κ1) is 28.6. The van der Waals surface area contributed by atoms with Crippen LogP contribution in [0.4, 0.5) is 4.79 Å². The molecule has 0 aromatic heterocycles. The fourth-order valence-electron chi connectivity index (χ4n) is 3.71. The lowest BCUT2D eigenvalue weighted by Gasteiger charge is -2.25. The van der Waals surface area contributed by atoms with Crippen molar-refractivity contribution in [2.75, 3.05) is 0 Å². The minimum absolute atomic E-state index is 0.0647. The molecule has 0 aliphatic rings. The highest BCUT2D eigenvalue weighted by atomic mass is 16.5. The lowest BCUT2D eigenvalue weighted by Crippen LogP contribution is -2.56. The van der Waals surface area contributed by atoms with Crippen molar-refractivity contribution in [3.05, 3.63) is 71.8 Å². The van der Waals surface area contributed by atoms with Crippen molar-refractivity contribution in [2.45, 2.75) is 71.2 Å². The summed E-state index contributed by atoms with van der Waals surface area (Å²) in [5.74, 6) is -0.819. The number of ether oxygens (including phenoxy) is 1. The Bertz CT molecular complexity index is 966. The zero-order chi connectivity index (χ0) is 26.3.